The molecule has 2 heterocycles. The van der Waals surface area contributed by atoms with Gasteiger partial charge in [0.2, 0.25) is 5.91 Å². The third-order valence-electron chi connectivity index (χ3n) is 5.91. The maximum atomic E-state index is 14.7. The minimum absolute atomic E-state index is 0.0382. The maximum Gasteiger partial charge on any atom is 0.266 e. The highest BCUT2D eigenvalue weighted by Gasteiger charge is 2.34. The second-order valence-corrected chi connectivity index (χ2v) is 9.46. The van der Waals surface area contributed by atoms with Crippen LogP contribution < -0.4 is 10.5 Å². The summed E-state index contributed by atoms with van der Waals surface area (Å²) in [7, 11) is 0. The Morgan fingerprint density at radius 3 is 2.48 bits per heavy atom. The average Bonchev–Trinajstić information content (AvgIpc) is 3.15. The van der Waals surface area contributed by atoms with Gasteiger partial charge < -0.3 is 4.90 Å². The van der Waals surface area contributed by atoms with Gasteiger partial charge in [0.1, 0.15) is 5.82 Å². The standard InChI is InChI=1S/C26H22FN3O2S/c1-16-15-18-9-3-7-13-22(18)29(16)24(31)17(2)33-26-28-21-12-6-4-10-19(21)25(32)30(26)23-14-8-5-11-20(23)27/h3-14,16-17H,15H2,1-2H3/t16-,17-/m1/s1. The van der Waals surface area contributed by atoms with E-state index in [1.165, 1.54) is 22.4 Å². The molecular formula is C26H22FN3O2S. The monoisotopic (exact) mass is 459 g/mol. The Labute approximate surface area is 194 Å². The molecule has 1 aliphatic heterocycles. The van der Waals surface area contributed by atoms with Gasteiger partial charge in [0, 0.05) is 11.7 Å². The first kappa shape index (κ1) is 21.4. The van der Waals surface area contributed by atoms with Crippen molar-refractivity contribution in [2.75, 3.05) is 4.90 Å². The number of nitrogens with zero attached hydrogens (tertiary/aromatic N) is 3. The lowest BCUT2D eigenvalue weighted by Gasteiger charge is -2.26. The van der Waals surface area contributed by atoms with Crippen LogP contribution in [0.15, 0.2) is 82.7 Å². The fraction of sp³-hybridized carbons (Fsp3) is 0.192. The van der Waals surface area contributed by atoms with Crippen molar-refractivity contribution in [3.05, 3.63) is 94.5 Å². The molecule has 0 N–H and O–H groups in total. The Hall–Kier alpha value is -3.45. The molecule has 1 aliphatic rings. The SMILES string of the molecule is C[C@@H]1Cc2ccccc2N1C(=O)[C@@H](C)Sc1nc2ccccc2c(=O)n1-c1ccccc1F. The number of hydrogen-bond donors (Lipinski definition) is 0. The van der Waals surface area contributed by atoms with Gasteiger partial charge in [-0.05, 0) is 56.2 Å². The first-order valence-electron chi connectivity index (χ1n) is 10.8. The normalized spacial score (nSPS) is 16.1. The number of amides is 1. The first-order chi connectivity index (χ1) is 16.0. The number of halogens is 1. The second-order valence-electron chi connectivity index (χ2n) is 8.15. The molecule has 0 fully saturated rings. The average molecular weight is 460 g/mol. The quantitative estimate of drug-likeness (QED) is 0.319. The molecule has 4 aromatic rings. The number of anilines is 1. The van der Waals surface area contributed by atoms with E-state index in [0.29, 0.717) is 10.9 Å². The summed E-state index contributed by atoms with van der Waals surface area (Å²) < 4.78 is 16.0. The van der Waals surface area contributed by atoms with Crippen molar-refractivity contribution in [2.24, 2.45) is 0 Å². The molecule has 5 nitrogen and oxygen atoms in total. The number of carbonyl (C=O) groups excluding carboxylic acids is 1. The number of hydrogen-bond acceptors (Lipinski definition) is 4. The Morgan fingerprint density at radius 2 is 1.70 bits per heavy atom. The van der Waals surface area contributed by atoms with Gasteiger partial charge >= 0.3 is 0 Å². The summed E-state index contributed by atoms with van der Waals surface area (Å²) in [6, 6.07) is 21.0. The van der Waals surface area contributed by atoms with E-state index in [4.69, 9.17) is 0 Å². The summed E-state index contributed by atoms with van der Waals surface area (Å²) in [5.74, 6) is -0.598. The number of para-hydroxylation sites is 3. The molecule has 0 unspecified atom stereocenters. The largest absolute Gasteiger partial charge is 0.308 e. The zero-order valence-electron chi connectivity index (χ0n) is 18.2. The van der Waals surface area contributed by atoms with Crippen molar-refractivity contribution in [1.29, 1.82) is 0 Å². The topological polar surface area (TPSA) is 55.2 Å². The smallest absolute Gasteiger partial charge is 0.266 e. The van der Waals surface area contributed by atoms with E-state index in [-0.39, 0.29) is 28.4 Å². The van der Waals surface area contributed by atoms with Crippen LogP contribution in [0.5, 0.6) is 0 Å². The van der Waals surface area contributed by atoms with E-state index in [1.54, 1.807) is 49.4 Å². The van der Waals surface area contributed by atoms with Crippen molar-refractivity contribution >= 4 is 34.3 Å². The summed E-state index contributed by atoms with van der Waals surface area (Å²) in [5, 5.41) is 0.139. The van der Waals surface area contributed by atoms with Crippen LogP contribution in [0, 0.1) is 5.82 Å². The molecule has 2 atom stereocenters. The molecule has 166 valence electrons. The summed E-state index contributed by atoms with van der Waals surface area (Å²) in [6.45, 7) is 3.83. The van der Waals surface area contributed by atoms with Gasteiger partial charge in [-0.3, -0.25) is 14.2 Å². The highest BCUT2D eigenvalue weighted by atomic mass is 32.2. The summed E-state index contributed by atoms with van der Waals surface area (Å²) in [4.78, 5) is 33.3. The van der Waals surface area contributed by atoms with Crippen LogP contribution >= 0.6 is 11.8 Å². The Balaban J connectivity index is 1.58. The fourth-order valence-electron chi connectivity index (χ4n) is 4.34. The molecule has 33 heavy (non-hydrogen) atoms. The van der Waals surface area contributed by atoms with Crippen molar-refractivity contribution in [2.45, 2.75) is 36.7 Å². The minimum atomic E-state index is -0.537. The molecule has 0 bridgehead atoms. The van der Waals surface area contributed by atoms with E-state index < -0.39 is 11.1 Å². The van der Waals surface area contributed by atoms with Crippen LogP contribution in [0.3, 0.4) is 0 Å². The molecule has 1 amide bonds. The number of aromatic nitrogens is 2. The van der Waals surface area contributed by atoms with Crippen molar-refractivity contribution in [1.82, 2.24) is 9.55 Å². The predicted octanol–water partition coefficient (Wildman–Crippen LogP) is 4.98. The van der Waals surface area contributed by atoms with Crippen LogP contribution in [-0.4, -0.2) is 26.8 Å². The lowest BCUT2D eigenvalue weighted by atomic mass is 10.1. The number of thioether (sulfide) groups is 1. The summed E-state index contributed by atoms with van der Waals surface area (Å²) in [5.41, 5.74) is 2.32. The summed E-state index contributed by atoms with van der Waals surface area (Å²) in [6.07, 6.45) is 0.799. The Kier molecular flexibility index (Phi) is 5.50. The van der Waals surface area contributed by atoms with Gasteiger partial charge in [0.25, 0.3) is 5.56 Å². The first-order valence-corrected chi connectivity index (χ1v) is 11.7. The van der Waals surface area contributed by atoms with Gasteiger partial charge in [-0.1, -0.05) is 54.2 Å². The maximum absolute atomic E-state index is 14.7. The molecule has 0 aliphatic carbocycles. The second kappa shape index (κ2) is 8.48. The third kappa shape index (κ3) is 3.72. The number of rotatable bonds is 4. The van der Waals surface area contributed by atoms with Crippen LogP contribution in [-0.2, 0) is 11.2 Å². The molecule has 0 spiro atoms. The van der Waals surface area contributed by atoms with Gasteiger partial charge in [-0.2, -0.15) is 0 Å². The van der Waals surface area contributed by atoms with E-state index in [0.717, 1.165) is 17.7 Å². The zero-order chi connectivity index (χ0) is 23.1. The molecule has 7 heteroatoms. The van der Waals surface area contributed by atoms with Crippen LogP contribution in [0.4, 0.5) is 10.1 Å². The minimum Gasteiger partial charge on any atom is -0.308 e. The molecule has 0 saturated carbocycles. The molecule has 1 aromatic heterocycles. The lowest BCUT2D eigenvalue weighted by molar-refractivity contribution is -0.118. The molecule has 3 aromatic carbocycles. The van der Waals surface area contributed by atoms with Crippen LogP contribution in [0.2, 0.25) is 0 Å². The number of carbonyl (C=O) groups is 1. The van der Waals surface area contributed by atoms with Crippen LogP contribution in [0.1, 0.15) is 19.4 Å². The highest BCUT2D eigenvalue weighted by molar-refractivity contribution is 8.00. The van der Waals surface area contributed by atoms with Crippen molar-refractivity contribution in [3.8, 4) is 5.69 Å². The van der Waals surface area contributed by atoms with Gasteiger partial charge in [-0.15, -0.1) is 0 Å². The van der Waals surface area contributed by atoms with Gasteiger partial charge in [0.05, 0.1) is 21.8 Å². The fourth-order valence-corrected chi connectivity index (χ4v) is 5.31. The van der Waals surface area contributed by atoms with E-state index in [9.17, 15) is 14.0 Å². The van der Waals surface area contributed by atoms with Gasteiger partial charge in [0.15, 0.2) is 5.16 Å². The highest BCUT2D eigenvalue weighted by Crippen LogP contribution is 2.35. The van der Waals surface area contributed by atoms with Gasteiger partial charge in [-0.25, -0.2) is 9.37 Å². The molecule has 0 saturated heterocycles. The molecule has 0 radical (unpaired) electrons. The Bertz CT molecular complexity index is 1430. The number of fused-ring (bicyclic) bond motifs is 2. The summed E-state index contributed by atoms with van der Waals surface area (Å²) >= 11 is 1.17. The molecular weight excluding hydrogens is 437 g/mol. The predicted molar refractivity (Wildman–Crippen MR) is 130 cm³/mol. The number of benzene rings is 3. The zero-order valence-corrected chi connectivity index (χ0v) is 19.1. The third-order valence-corrected chi connectivity index (χ3v) is 6.95. The Morgan fingerprint density at radius 1 is 1.03 bits per heavy atom. The molecule has 5 rings (SSSR count). The van der Waals surface area contributed by atoms with Crippen LogP contribution in [0.25, 0.3) is 16.6 Å². The van der Waals surface area contributed by atoms with Crippen molar-refractivity contribution in [3.63, 3.8) is 0 Å². The van der Waals surface area contributed by atoms with E-state index in [1.807, 2.05) is 36.1 Å². The lowest BCUT2D eigenvalue weighted by Crippen LogP contribution is -2.40. The van der Waals surface area contributed by atoms with E-state index >= 15 is 0 Å². The van der Waals surface area contributed by atoms with Crippen molar-refractivity contribution < 1.29 is 9.18 Å². The van der Waals surface area contributed by atoms with E-state index in [2.05, 4.69) is 4.98 Å².